The zero-order valence-electron chi connectivity index (χ0n) is 19.9. The summed E-state index contributed by atoms with van der Waals surface area (Å²) in [7, 11) is 0. The first-order valence-corrected chi connectivity index (χ1v) is 11.6. The standard InChI is InChI=1S/C30H31NO/c1-18(2)13-22-17-25-24-14-19(3)11-12-27(24)31-28(29(25)32-22)21-15-20-9-7-8-10-23(20)26(16-21)30(4,5)6/h7-12,14-18H,13H2,1-6H3. The third kappa shape index (κ3) is 3.58. The van der Waals surface area contributed by atoms with E-state index in [1.165, 1.54) is 27.3 Å². The van der Waals surface area contributed by atoms with Crippen LogP contribution in [0.3, 0.4) is 0 Å². The van der Waals surface area contributed by atoms with Crippen molar-refractivity contribution in [2.45, 2.75) is 53.4 Å². The second-order valence-electron chi connectivity index (χ2n) is 10.5. The number of aryl methyl sites for hydroxylation is 1. The van der Waals surface area contributed by atoms with Crippen molar-refractivity contribution in [3.8, 4) is 11.3 Å². The molecule has 0 N–H and O–H groups in total. The van der Waals surface area contributed by atoms with Crippen LogP contribution in [0.2, 0.25) is 0 Å². The van der Waals surface area contributed by atoms with Crippen LogP contribution in [0.4, 0.5) is 0 Å². The number of hydrogen-bond donors (Lipinski definition) is 0. The minimum atomic E-state index is 0.0225. The Labute approximate surface area is 190 Å². The Balaban J connectivity index is 1.86. The van der Waals surface area contributed by atoms with Crippen LogP contribution in [0.5, 0.6) is 0 Å². The molecule has 3 aromatic carbocycles. The first-order chi connectivity index (χ1) is 15.2. The molecule has 0 bridgehead atoms. The summed E-state index contributed by atoms with van der Waals surface area (Å²) in [6.07, 6.45) is 0.923. The van der Waals surface area contributed by atoms with E-state index in [9.17, 15) is 0 Å². The summed E-state index contributed by atoms with van der Waals surface area (Å²) in [4.78, 5) is 5.14. The first kappa shape index (κ1) is 20.8. The molecule has 0 aliphatic carbocycles. The zero-order valence-corrected chi connectivity index (χ0v) is 19.9. The molecule has 0 radical (unpaired) electrons. The van der Waals surface area contributed by atoms with Crippen LogP contribution in [0.1, 0.15) is 51.5 Å². The van der Waals surface area contributed by atoms with Gasteiger partial charge in [0.15, 0.2) is 5.58 Å². The minimum absolute atomic E-state index is 0.0225. The number of nitrogens with zero attached hydrogens (tertiary/aromatic N) is 1. The van der Waals surface area contributed by atoms with Crippen LogP contribution < -0.4 is 0 Å². The fraction of sp³-hybridized carbons (Fsp3) is 0.300. The maximum atomic E-state index is 6.49. The van der Waals surface area contributed by atoms with Crippen molar-refractivity contribution in [3.05, 3.63) is 77.6 Å². The highest BCUT2D eigenvalue weighted by Gasteiger charge is 2.21. The molecule has 0 aliphatic rings. The lowest BCUT2D eigenvalue weighted by Gasteiger charge is -2.22. The molecule has 5 rings (SSSR count). The average molecular weight is 422 g/mol. The van der Waals surface area contributed by atoms with Gasteiger partial charge in [0.2, 0.25) is 0 Å². The van der Waals surface area contributed by atoms with Gasteiger partial charge in [-0.25, -0.2) is 4.98 Å². The van der Waals surface area contributed by atoms with E-state index >= 15 is 0 Å². The van der Waals surface area contributed by atoms with E-state index < -0.39 is 0 Å². The Morgan fingerprint density at radius 1 is 0.875 bits per heavy atom. The van der Waals surface area contributed by atoms with Crippen molar-refractivity contribution in [2.75, 3.05) is 0 Å². The van der Waals surface area contributed by atoms with Crippen LogP contribution in [0, 0.1) is 12.8 Å². The van der Waals surface area contributed by atoms with Crippen LogP contribution in [-0.4, -0.2) is 4.98 Å². The molecule has 0 saturated carbocycles. The average Bonchev–Trinajstić information content (AvgIpc) is 3.15. The largest absolute Gasteiger partial charge is 0.459 e. The Bertz CT molecular complexity index is 1460. The third-order valence-corrected chi connectivity index (χ3v) is 6.23. The topological polar surface area (TPSA) is 26.0 Å². The molecule has 2 aromatic heterocycles. The number of furan rings is 1. The molecule has 2 heterocycles. The zero-order chi connectivity index (χ0) is 22.6. The maximum Gasteiger partial charge on any atom is 0.161 e. The maximum absolute atomic E-state index is 6.49. The molecule has 5 aromatic rings. The summed E-state index contributed by atoms with van der Waals surface area (Å²) in [5.74, 6) is 1.57. The van der Waals surface area contributed by atoms with Gasteiger partial charge in [0.05, 0.1) is 5.52 Å². The van der Waals surface area contributed by atoms with Gasteiger partial charge in [0.25, 0.3) is 0 Å². The van der Waals surface area contributed by atoms with Crippen molar-refractivity contribution in [1.29, 1.82) is 0 Å². The van der Waals surface area contributed by atoms with Crippen LogP contribution >= 0.6 is 0 Å². The molecular formula is C30H31NO. The van der Waals surface area contributed by atoms with Gasteiger partial charge in [-0.05, 0) is 64.9 Å². The lowest BCUT2D eigenvalue weighted by atomic mass is 9.82. The van der Waals surface area contributed by atoms with E-state index in [-0.39, 0.29) is 5.41 Å². The Kier molecular flexibility index (Phi) is 4.85. The second kappa shape index (κ2) is 7.48. The van der Waals surface area contributed by atoms with Crippen molar-refractivity contribution in [2.24, 2.45) is 5.92 Å². The van der Waals surface area contributed by atoms with Crippen molar-refractivity contribution >= 4 is 32.6 Å². The third-order valence-electron chi connectivity index (χ3n) is 6.23. The highest BCUT2D eigenvalue weighted by atomic mass is 16.3. The molecular weight excluding hydrogens is 390 g/mol. The number of benzene rings is 3. The van der Waals surface area contributed by atoms with E-state index in [4.69, 9.17) is 9.40 Å². The van der Waals surface area contributed by atoms with Gasteiger partial charge < -0.3 is 4.42 Å². The second-order valence-corrected chi connectivity index (χ2v) is 10.5. The van der Waals surface area contributed by atoms with E-state index in [2.05, 4.69) is 102 Å². The fourth-order valence-corrected chi connectivity index (χ4v) is 4.72. The fourth-order valence-electron chi connectivity index (χ4n) is 4.72. The number of aromatic nitrogens is 1. The summed E-state index contributed by atoms with van der Waals surface area (Å²) in [5, 5.41) is 4.87. The molecule has 162 valence electrons. The quantitative estimate of drug-likeness (QED) is 0.291. The predicted octanol–water partition coefficient (Wildman–Crippen LogP) is 8.61. The number of fused-ring (bicyclic) bond motifs is 4. The molecule has 0 unspecified atom stereocenters. The van der Waals surface area contributed by atoms with Crippen molar-refractivity contribution < 1.29 is 4.42 Å². The Hall–Kier alpha value is -3.13. The molecule has 0 spiro atoms. The molecule has 0 saturated heterocycles. The summed E-state index contributed by atoms with van der Waals surface area (Å²) in [6.45, 7) is 13.4. The summed E-state index contributed by atoms with van der Waals surface area (Å²) in [6, 6.07) is 22.0. The normalized spacial score (nSPS) is 12.5. The van der Waals surface area contributed by atoms with Gasteiger partial charge in [-0.3, -0.25) is 0 Å². The lowest BCUT2D eigenvalue weighted by molar-refractivity contribution is 0.500. The molecule has 32 heavy (non-hydrogen) atoms. The van der Waals surface area contributed by atoms with E-state index in [1.54, 1.807) is 0 Å². The predicted molar refractivity (Wildman–Crippen MR) is 136 cm³/mol. The Morgan fingerprint density at radius 2 is 1.66 bits per heavy atom. The van der Waals surface area contributed by atoms with Crippen molar-refractivity contribution in [3.63, 3.8) is 0 Å². The molecule has 0 fully saturated rings. The Morgan fingerprint density at radius 3 is 2.41 bits per heavy atom. The molecule has 0 aliphatic heterocycles. The van der Waals surface area contributed by atoms with Gasteiger partial charge in [0, 0.05) is 22.8 Å². The number of rotatable bonds is 3. The molecule has 2 nitrogen and oxygen atoms in total. The highest BCUT2D eigenvalue weighted by Crippen LogP contribution is 2.39. The lowest BCUT2D eigenvalue weighted by Crippen LogP contribution is -2.12. The minimum Gasteiger partial charge on any atom is -0.459 e. The van der Waals surface area contributed by atoms with Crippen LogP contribution in [-0.2, 0) is 11.8 Å². The van der Waals surface area contributed by atoms with Gasteiger partial charge in [-0.1, -0.05) is 70.5 Å². The van der Waals surface area contributed by atoms with Crippen LogP contribution in [0.25, 0.3) is 43.9 Å². The summed E-state index contributed by atoms with van der Waals surface area (Å²) >= 11 is 0. The SMILES string of the molecule is Cc1ccc2nc(-c3cc(C(C)(C)C)c4ccccc4c3)c3oc(CC(C)C)cc3c2c1. The monoisotopic (exact) mass is 421 g/mol. The smallest absolute Gasteiger partial charge is 0.161 e. The van der Waals surface area contributed by atoms with E-state index in [0.717, 1.165) is 39.9 Å². The summed E-state index contributed by atoms with van der Waals surface area (Å²) in [5.41, 5.74) is 6.55. The number of hydrogen-bond acceptors (Lipinski definition) is 2. The summed E-state index contributed by atoms with van der Waals surface area (Å²) < 4.78 is 6.49. The van der Waals surface area contributed by atoms with Gasteiger partial charge in [-0.2, -0.15) is 0 Å². The van der Waals surface area contributed by atoms with Crippen molar-refractivity contribution in [1.82, 2.24) is 4.98 Å². The highest BCUT2D eigenvalue weighted by molar-refractivity contribution is 6.09. The molecule has 0 atom stereocenters. The van der Waals surface area contributed by atoms with E-state index in [1.807, 2.05) is 0 Å². The van der Waals surface area contributed by atoms with Gasteiger partial charge >= 0.3 is 0 Å². The number of pyridine rings is 1. The van der Waals surface area contributed by atoms with Gasteiger partial charge in [-0.15, -0.1) is 0 Å². The first-order valence-electron chi connectivity index (χ1n) is 11.6. The van der Waals surface area contributed by atoms with Gasteiger partial charge in [0.1, 0.15) is 11.5 Å². The van der Waals surface area contributed by atoms with Crippen LogP contribution in [0.15, 0.2) is 65.1 Å². The molecule has 2 heteroatoms. The molecule has 0 amide bonds. The van der Waals surface area contributed by atoms with E-state index in [0.29, 0.717) is 5.92 Å².